The molecule has 1 N–H and O–H groups in total. The molecule has 0 spiro atoms. The van der Waals surface area contributed by atoms with Gasteiger partial charge in [-0.3, -0.25) is 0 Å². The lowest BCUT2D eigenvalue weighted by molar-refractivity contribution is 0.911. The zero-order chi connectivity index (χ0) is 13.8. The predicted molar refractivity (Wildman–Crippen MR) is 89.1 cm³/mol. The summed E-state index contributed by atoms with van der Waals surface area (Å²) in [5.41, 5.74) is 4.23. The molecule has 0 aliphatic heterocycles. The van der Waals surface area contributed by atoms with Crippen molar-refractivity contribution in [2.75, 3.05) is 17.6 Å². The van der Waals surface area contributed by atoms with Crippen LogP contribution in [0.1, 0.15) is 17.5 Å². The van der Waals surface area contributed by atoms with Gasteiger partial charge in [-0.1, -0.05) is 17.7 Å². The molecule has 104 valence electrons. The molecule has 0 bridgehead atoms. The summed E-state index contributed by atoms with van der Waals surface area (Å²) in [4.78, 5) is 1.39. The van der Waals surface area contributed by atoms with Gasteiger partial charge < -0.3 is 5.32 Å². The van der Waals surface area contributed by atoms with E-state index in [1.807, 2.05) is 36.0 Å². The van der Waals surface area contributed by atoms with E-state index in [1.54, 1.807) is 11.1 Å². The first-order valence-electron chi connectivity index (χ1n) is 7.05. The average molecular weight is 304 g/mol. The van der Waals surface area contributed by atoms with Crippen molar-refractivity contribution >= 4 is 29.1 Å². The molecule has 0 heterocycles. The Hall–Kier alpha value is -1.12. The van der Waals surface area contributed by atoms with E-state index in [9.17, 15) is 0 Å². The smallest absolute Gasteiger partial charge is 0.0407 e. The molecule has 1 aliphatic rings. The highest BCUT2D eigenvalue weighted by Crippen LogP contribution is 2.27. The fraction of sp³-hybridized carbons (Fsp3) is 0.294. The lowest BCUT2D eigenvalue weighted by atomic mass is 10.1. The van der Waals surface area contributed by atoms with Crippen LogP contribution in [0.2, 0.25) is 5.02 Å². The van der Waals surface area contributed by atoms with E-state index in [-0.39, 0.29) is 0 Å². The van der Waals surface area contributed by atoms with Crippen LogP contribution in [-0.4, -0.2) is 12.3 Å². The normalized spacial score (nSPS) is 13.2. The monoisotopic (exact) mass is 303 g/mol. The van der Waals surface area contributed by atoms with E-state index in [2.05, 4.69) is 23.5 Å². The summed E-state index contributed by atoms with van der Waals surface area (Å²) in [6.07, 6.45) is 3.84. The predicted octanol–water partition coefficient (Wildman–Crippen LogP) is 5.03. The Kier molecular flexibility index (Phi) is 4.54. The van der Waals surface area contributed by atoms with Crippen LogP contribution in [0.15, 0.2) is 47.4 Å². The highest BCUT2D eigenvalue weighted by molar-refractivity contribution is 7.99. The van der Waals surface area contributed by atoms with Crippen LogP contribution >= 0.6 is 23.4 Å². The number of hydrogen-bond donors (Lipinski definition) is 1. The first kappa shape index (κ1) is 13.8. The van der Waals surface area contributed by atoms with E-state index < -0.39 is 0 Å². The van der Waals surface area contributed by atoms with Gasteiger partial charge in [0.05, 0.1) is 0 Å². The summed E-state index contributed by atoms with van der Waals surface area (Å²) in [6.45, 7) is 0.962. The van der Waals surface area contributed by atoms with Crippen molar-refractivity contribution in [3.8, 4) is 0 Å². The first-order chi connectivity index (χ1) is 9.81. The highest BCUT2D eigenvalue weighted by atomic mass is 35.5. The molecule has 0 saturated heterocycles. The van der Waals surface area contributed by atoms with Gasteiger partial charge in [0.1, 0.15) is 0 Å². The number of halogens is 1. The molecule has 0 amide bonds. The summed E-state index contributed by atoms with van der Waals surface area (Å²) >= 11 is 7.79. The van der Waals surface area contributed by atoms with E-state index >= 15 is 0 Å². The lowest BCUT2D eigenvalue weighted by Gasteiger charge is -2.07. The molecule has 1 nitrogen and oxygen atoms in total. The van der Waals surface area contributed by atoms with Crippen molar-refractivity contribution in [2.45, 2.75) is 24.2 Å². The van der Waals surface area contributed by atoms with Gasteiger partial charge in [0.15, 0.2) is 0 Å². The van der Waals surface area contributed by atoms with E-state index in [0.717, 1.165) is 23.0 Å². The second kappa shape index (κ2) is 6.55. The third-order valence-corrected chi connectivity index (χ3v) is 4.86. The van der Waals surface area contributed by atoms with E-state index in [1.165, 1.54) is 24.2 Å². The van der Waals surface area contributed by atoms with Crippen LogP contribution < -0.4 is 5.32 Å². The minimum atomic E-state index is 0.781. The zero-order valence-corrected chi connectivity index (χ0v) is 12.9. The molecule has 3 heteroatoms. The van der Waals surface area contributed by atoms with Crippen LogP contribution in [0.4, 0.5) is 5.69 Å². The first-order valence-corrected chi connectivity index (χ1v) is 8.42. The molecule has 20 heavy (non-hydrogen) atoms. The molecule has 0 unspecified atom stereocenters. The third kappa shape index (κ3) is 3.50. The van der Waals surface area contributed by atoms with Crippen molar-refractivity contribution in [1.29, 1.82) is 0 Å². The zero-order valence-electron chi connectivity index (χ0n) is 11.4. The van der Waals surface area contributed by atoms with Crippen molar-refractivity contribution in [2.24, 2.45) is 0 Å². The number of rotatable bonds is 5. The Bertz CT molecular complexity index is 580. The van der Waals surface area contributed by atoms with Crippen molar-refractivity contribution < 1.29 is 0 Å². The fourth-order valence-corrected chi connectivity index (χ4v) is 3.53. The summed E-state index contributed by atoms with van der Waals surface area (Å²) in [7, 11) is 0. The highest BCUT2D eigenvalue weighted by Gasteiger charge is 2.10. The minimum absolute atomic E-state index is 0.781. The number of nitrogens with one attached hydrogen (secondary N) is 1. The standard InChI is InChI=1S/C17H18ClNS/c18-15-5-7-16(8-6-15)19-10-11-20-17-9-4-13-2-1-3-14(13)12-17/h4-9,12,19H,1-3,10-11H2. The van der Waals surface area contributed by atoms with E-state index in [4.69, 9.17) is 11.6 Å². The molecule has 0 fully saturated rings. The summed E-state index contributed by atoms with van der Waals surface area (Å²) in [6, 6.07) is 14.8. The quantitative estimate of drug-likeness (QED) is 0.614. The number of fused-ring (bicyclic) bond motifs is 1. The Morgan fingerprint density at radius 3 is 2.65 bits per heavy atom. The second-order valence-corrected chi connectivity index (χ2v) is 6.67. The van der Waals surface area contributed by atoms with E-state index in [0.29, 0.717) is 0 Å². The molecule has 0 atom stereocenters. The van der Waals surface area contributed by atoms with Gasteiger partial charge in [-0.25, -0.2) is 0 Å². The number of hydrogen-bond acceptors (Lipinski definition) is 2. The Morgan fingerprint density at radius 2 is 1.80 bits per heavy atom. The Labute approximate surface area is 129 Å². The molecule has 0 radical (unpaired) electrons. The number of anilines is 1. The average Bonchev–Trinajstić information content (AvgIpc) is 2.93. The van der Waals surface area contributed by atoms with Crippen LogP contribution in [0, 0.1) is 0 Å². The molecule has 0 aromatic heterocycles. The topological polar surface area (TPSA) is 12.0 Å². The van der Waals surface area contributed by atoms with Gasteiger partial charge in [-0.05, 0) is 66.8 Å². The summed E-state index contributed by atoms with van der Waals surface area (Å²) in [5.74, 6) is 1.07. The third-order valence-electron chi connectivity index (χ3n) is 3.61. The SMILES string of the molecule is Clc1ccc(NCCSc2ccc3c(c2)CCC3)cc1. The largest absolute Gasteiger partial charge is 0.384 e. The van der Waals surface area contributed by atoms with Crippen molar-refractivity contribution in [3.05, 3.63) is 58.6 Å². The van der Waals surface area contributed by atoms with Gasteiger partial charge in [0.25, 0.3) is 0 Å². The number of thioether (sulfide) groups is 1. The Morgan fingerprint density at radius 1 is 1.00 bits per heavy atom. The maximum absolute atomic E-state index is 5.87. The minimum Gasteiger partial charge on any atom is -0.384 e. The lowest BCUT2D eigenvalue weighted by Crippen LogP contribution is -2.03. The number of aryl methyl sites for hydroxylation is 2. The maximum atomic E-state index is 5.87. The maximum Gasteiger partial charge on any atom is 0.0407 e. The number of benzene rings is 2. The second-order valence-electron chi connectivity index (χ2n) is 5.07. The van der Waals surface area contributed by atoms with Gasteiger partial charge in [0, 0.05) is 27.9 Å². The molecule has 1 aliphatic carbocycles. The van der Waals surface area contributed by atoms with Gasteiger partial charge >= 0.3 is 0 Å². The molecule has 2 aromatic carbocycles. The van der Waals surface area contributed by atoms with Crippen LogP contribution in [0.3, 0.4) is 0 Å². The fourth-order valence-electron chi connectivity index (χ4n) is 2.57. The van der Waals surface area contributed by atoms with Gasteiger partial charge in [0.2, 0.25) is 0 Å². The molecule has 0 saturated carbocycles. The molecular formula is C17H18ClNS. The Balaban J connectivity index is 1.47. The molecular weight excluding hydrogens is 286 g/mol. The van der Waals surface area contributed by atoms with Crippen molar-refractivity contribution in [1.82, 2.24) is 0 Å². The summed E-state index contributed by atoms with van der Waals surface area (Å²) < 4.78 is 0. The van der Waals surface area contributed by atoms with Crippen LogP contribution in [-0.2, 0) is 12.8 Å². The van der Waals surface area contributed by atoms with Crippen LogP contribution in [0.5, 0.6) is 0 Å². The molecule has 2 aromatic rings. The van der Waals surface area contributed by atoms with Gasteiger partial charge in [-0.15, -0.1) is 11.8 Å². The van der Waals surface area contributed by atoms with Gasteiger partial charge in [-0.2, -0.15) is 0 Å². The molecule has 3 rings (SSSR count). The van der Waals surface area contributed by atoms with Crippen LogP contribution in [0.25, 0.3) is 0 Å². The summed E-state index contributed by atoms with van der Waals surface area (Å²) in [5, 5.41) is 4.20. The van der Waals surface area contributed by atoms with Crippen molar-refractivity contribution in [3.63, 3.8) is 0 Å².